The van der Waals surface area contributed by atoms with Gasteiger partial charge in [-0.25, -0.2) is 0 Å². The van der Waals surface area contributed by atoms with E-state index in [2.05, 4.69) is 157 Å². The van der Waals surface area contributed by atoms with Crippen molar-refractivity contribution < 1.29 is 0 Å². The van der Waals surface area contributed by atoms with Crippen LogP contribution in [0, 0.1) is 0 Å². The minimum Gasteiger partial charge on any atom is -0.308 e. The van der Waals surface area contributed by atoms with Crippen LogP contribution in [-0.2, 0) is 5.41 Å². The van der Waals surface area contributed by atoms with E-state index in [1.165, 1.54) is 27.4 Å². The molecule has 1 heterocycles. The molecule has 36 heavy (non-hydrogen) atoms. The molecule has 0 unspecified atom stereocenters. The molecule has 2 nitrogen and oxygen atoms in total. The van der Waals surface area contributed by atoms with Gasteiger partial charge in [0.1, 0.15) is 0 Å². The van der Waals surface area contributed by atoms with E-state index in [9.17, 15) is 0 Å². The van der Waals surface area contributed by atoms with Gasteiger partial charge >= 0.3 is 0 Å². The molecule has 176 valence electrons. The molecule has 0 N–H and O–H groups in total. The average molecular weight is 467 g/mol. The van der Waals surface area contributed by atoms with E-state index in [0.717, 1.165) is 22.4 Å². The van der Waals surface area contributed by atoms with Crippen molar-refractivity contribution in [2.75, 3.05) is 0 Å². The van der Waals surface area contributed by atoms with Crippen LogP contribution in [0.2, 0.25) is 0 Å². The molecule has 0 saturated heterocycles. The monoisotopic (exact) mass is 466 g/mol. The Hall–Kier alpha value is -4.30. The fraction of sp³-hybridized carbons (Fsp3) is 0.118. The van der Waals surface area contributed by atoms with Gasteiger partial charge in [0.05, 0.1) is 22.1 Å². The van der Waals surface area contributed by atoms with Gasteiger partial charge in [0.15, 0.2) is 0 Å². The third-order valence-electron chi connectivity index (χ3n) is 6.95. The van der Waals surface area contributed by atoms with E-state index in [-0.39, 0.29) is 5.41 Å². The molecule has 2 heteroatoms. The Morgan fingerprint density at radius 1 is 0.389 bits per heavy atom. The molecule has 0 aliphatic heterocycles. The normalized spacial score (nSPS) is 11.8. The first-order chi connectivity index (χ1) is 17.5. The van der Waals surface area contributed by atoms with Crippen molar-refractivity contribution >= 4 is 32.8 Å². The Morgan fingerprint density at radius 2 is 0.778 bits per heavy atom. The number of para-hydroxylation sites is 5. The summed E-state index contributed by atoms with van der Waals surface area (Å²) in [4.78, 5) is 0. The van der Waals surface area contributed by atoms with Gasteiger partial charge in [-0.05, 0) is 59.5 Å². The molecule has 0 fully saturated rings. The lowest BCUT2D eigenvalue weighted by atomic mass is 9.87. The van der Waals surface area contributed by atoms with Crippen molar-refractivity contribution in [2.45, 2.75) is 26.2 Å². The maximum absolute atomic E-state index is 2.41. The van der Waals surface area contributed by atoms with Crippen LogP contribution in [0.25, 0.3) is 44.2 Å². The Labute approximate surface area is 212 Å². The minimum atomic E-state index is 0.105. The molecule has 6 aromatic rings. The maximum Gasteiger partial charge on any atom is 0.0702 e. The second-order valence-electron chi connectivity index (χ2n) is 10.3. The van der Waals surface area contributed by atoms with Crippen molar-refractivity contribution in [1.29, 1.82) is 0 Å². The summed E-state index contributed by atoms with van der Waals surface area (Å²) in [6.45, 7) is 6.78. The number of aromatic nitrogens is 2. The highest BCUT2D eigenvalue weighted by atomic mass is 15.0. The molecule has 0 saturated carbocycles. The topological polar surface area (TPSA) is 9.86 Å². The van der Waals surface area contributed by atoms with Gasteiger partial charge in [-0.15, -0.1) is 0 Å². The van der Waals surface area contributed by atoms with Crippen LogP contribution >= 0.6 is 0 Å². The van der Waals surface area contributed by atoms with E-state index in [1.807, 2.05) is 0 Å². The number of fused-ring (bicyclic) bond motifs is 4. The first-order valence-electron chi connectivity index (χ1n) is 12.6. The first-order valence-corrected chi connectivity index (χ1v) is 12.6. The zero-order valence-electron chi connectivity index (χ0n) is 21.0. The molecule has 1 aromatic heterocycles. The summed E-state index contributed by atoms with van der Waals surface area (Å²) in [6, 6.07) is 45.9. The van der Waals surface area contributed by atoms with E-state index in [4.69, 9.17) is 0 Å². The lowest BCUT2D eigenvalue weighted by Crippen LogP contribution is -2.11. The van der Waals surface area contributed by atoms with Gasteiger partial charge in [-0.1, -0.05) is 99.6 Å². The van der Waals surface area contributed by atoms with Gasteiger partial charge in [0, 0.05) is 22.1 Å². The van der Waals surface area contributed by atoms with Crippen LogP contribution in [-0.4, -0.2) is 9.13 Å². The van der Waals surface area contributed by atoms with Crippen molar-refractivity contribution in [3.05, 3.63) is 133 Å². The summed E-state index contributed by atoms with van der Waals surface area (Å²) >= 11 is 0. The molecule has 0 bridgehead atoms. The molecule has 0 spiro atoms. The lowest BCUT2D eigenvalue weighted by Gasteiger charge is -2.22. The second kappa shape index (κ2) is 8.73. The SMILES string of the molecule is CC(C)(C)c1ccc(-n2c3ccccc3c3ccccc3n(-c3ccccc3)c3ccccc32)cc1. The number of hydrogen-bond acceptors (Lipinski definition) is 0. The summed E-state index contributed by atoms with van der Waals surface area (Å²) in [5.74, 6) is 0. The van der Waals surface area contributed by atoms with E-state index in [1.54, 1.807) is 0 Å². The molecule has 0 atom stereocenters. The molecule has 0 amide bonds. The predicted octanol–water partition coefficient (Wildman–Crippen LogP) is 9.15. The van der Waals surface area contributed by atoms with Crippen LogP contribution in [0.15, 0.2) is 127 Å². The van der Waals surface area contributed by atoms with Crippen LogP contribution in [0.5, 0.6) is 0 Å². The van der Waals surface area contributed by atoms with Crippen LogP contribution < -0.4 is 0 Å². The molecule has 0 aliphatic carbocycles. The molecular weight excluding hydrogens is 436 g/mol. The van der Waals surface area contributed by atoms with Gasteiger partial charge in [0.2, 0.25) is 0 Å². The third-order valence-corrected chi connectivity index (χ3v) is 6.95. The summed E-state index contributed by atoms with van der Waals surface area (Å²) < 4.78 is 4.79. The summed E-state index contributed by atoms with van der Waals surface area (Å²) in [7, 11) is 0. The van der Waals surface area contributed by atoms with Crippen LogP contribution in [0.1, 0.15) is 26.3 Å². The fourth-order valence-electron chi connectivity index (χ4n) is 5.14. The smallest absolute Gasteiger partial charge is 0.0702 e. The number of benzene rings is 5. The quantitative estimate of drug-likeness (QED) is 0.241. The lowest BCUT2D eigenvalue weighted by molar-refractivity contribution is 0.590. The Kier molecular flexibility index (Phi) is 5.38. The largest absolute Gasteiger partial charge is 0.308 e. The Morgan fingerprint density at radius 3 is 1.25 bits per heavy atom. The van der Waals surface area contributed by atoms with Crippen molar-refractivity contribution in [1.82, 2.24) is 9.13 Å². The average Bonchev–Trinajstić information content (AvgIpc) is 2.90. The highest BCUT2D eigenvalue weighted by molar-refractivity contribution is 6.06. The molecular formula is C34H30N2. The van der Waals surface area contributed by atoms with Crippen molar-refractivity contribution in [3.63, 3.8) is 0 Å². The Bertz CT molecular complexity index is 1740. The number of nitrogens with zero attached hydrogens (tertiary/aromatic N) is 2. The van der Waals surface area contributed by atoms with Crippen molar-refractivity contribution in [3.8, 4) is 11.4 Å². The maximum atomic E-state index is 2.41. The third kappa shape index (κ3) is 3.76. The zero-order chi connectivity index (χ0) is 24.7. The van der Waals surface area contributed by atoms with Crippen LogP contribution in [0.3, 0.4) is 0 Å². The predicted molar refractivity (Wildman–Crippen MR) is 154 cm³/mol. The highest BCUT2D eigenvalue weighted by Gasteiger charge is 2.15. The van der Waals surface area contributed by atoms with Crippen LogP contribution in [0.4, 0.5) is 0 Å². The highest BCUT2D eigenvalue weighted by Crippen LogP contribution is 2.32. The molecule has 0 aliphatic rings. The summed E-state index contributed by atoms with van der Waals surface area (Å²) in [5.41, 5.74) is 8.36. The Balaban J connectivity index is 1.87. The van der Waals surface area contributed by atoms with Gasteiger partial charge in [0.25, 0.3) is 0 Å². The molecule has 5 aromatic carbocycles. The number of hydrogen-bond donors (Lipinski definition) is 0. The number of rotatable bonds is 2. The fourth-order valence-corrected chi connectivity index (χ4v) is 5.14. The van der Waals surface area contributed by atoms with E-state index >= 15 is 0 Å². The summed E-state index contributed by atoms with van der Waals surface area (Å²) in [6.07, 6.45) is 0. The summed E-state index contributed by atoms with van der Waals surface area (Å²) in [5, 5.41) is 2.42. The molecule has 6 rings (SSSR count). The van der Waals surface area contributed by atoms with Crippen molar-refractivity contribution in [2.24, 2.45) is 0 Å². The standard InChI is InChI=1S/C34H30N2/c1-34(2,3)25-21-23-27(24-22-25)36-31-18-10-8-16-29(31)28-15-7-9-17-30(28)35(26-13-5-4-6-14-26)32-19-11-12-20-33(32)36/h4-24H,1-3H3. The molecule has 0 radical (unpaired) electrons. The van der Waals surface area contributed by atoms with Gasteiger partial charge in [-0.3, -0.25) is 0 Å². The second-order valence-corrected chi connectivity index (χ2v) is 10.3. The first kappa shape index (κ1) is 22.2. The van der Waals surface area contributed by atoms with Gasteiger partial charge < -0.3 is 9.13 Å². The van der Waals surface area contributed by atoms with E-state index < -0.39 is 0 Å². The van der Waals surface area contributed by atoms with Gasteiger partial charge in [-0.2, -0.15) is 0 Å². The zero-order valence-corrected chi connectivity index (χ0v) is 21.0. The van der Waals surface area contributed by atoms with E-state index in [0.29, 0.717) is 0 Å². The minimum absolute atomic E-state index is 0.105.